The summed E-state index contributed by atoms with van der Waals surface area (Å²) in [5.74, 6) is -0.245. The van der Waals surface area contributed by atoms with Gasteiger partial charge in [0.2, 0.25) is 5.78 Å². The van der Waals surface area contributed by atoms with E-state index in [2.05, 4.69) is 15.4 Å². The van der Waals surface area contributed by atoms with Crippen LogP contribution in [-0.4, -0.2) is 39.0 Å². The molecule has 1 atom stereocenters. The number of ketones is 1. The van der Waals surface area contributed by atoms with Crippen LogP contribution in [0.3, 0.4) is 0 Å². The third-order valence-electron chi connectivity index (χ3n) is 4.64. The smallest absolute Gasteiger partial charge is 0.255 e. The van der Waals surface area contributed by atoms with E-state index >= 15 is 0 Å². The van der Waals surface area contributed by atoms with Gasteiger partial charge in [0, 0.05) is 16.9 Å². The van der Waals surface area contributed by atoms with Gasteiger partial charge >= 0.3 is 0 Å². The first-order valence-electron chi connectivity index (χ1n) is 9.06. The number of fused-ring (bicyclic) bond motifs is 1. The van der Waals surface area contributed by atoms with Crippen LogP contribution in [0.4, 0.5) is 5.69 Å². The summed E-state index contributed by atoms with van der Waals surface area (Å²) in [4.78, 5) is 30.0. The van der Waals surface area contributed by atoms with Crippen LogP contribution >= 0.6 is 11.3 Å². The number of thiophene rings is 1. The number of aryl methyl sites for hydroxylation is 1. The first-order chi connectivity index (χ1) is 14.1. The van der Waals surface area contributed by atoms with Crippen molar-refractivity contribution in [2.75, 3.05) is 11.9 Å². The Kier molecular flexibility index (Phi) is 4.22. The van der Waals surface area contributed by atoms with E-state index in [0.29, 0.717) is 28.4 Å². The Morgan fingerprint density at radius 3 is 2.86 bits per heavy atom. The number of hydrogen-bond acceptors (Lipinski definition) is 6. The minimum atomic E-state index is -0.356. The van der Waals surface area contributed by atoms with Crippen molar-refractivity contribution in [2.24, 2.45) is 0 Å². The van der Waals surface area contributed by atoms with Gasteiger partial charge in [0.1, 0.15) is 0 Å². The molecule has 1 amide bonds. The summed E-state index contributed by atoms with van der Waals surface area (Å²) in [7, 11) is 0. The fourth-order valence-electron chi connectivity index (χ4n) is 3.17. The van der Waals surface area contributed by atoms with Gasteiger partial charge in [-0.05, 0) is 36.6 Å². The quantitative estimate of drug-likeness (QED) is 0.407. The fourth-order valence-corrected chi connectivity index (χ4v) is 3.85. The molecule has 1 aliphatic rings. The third kappa shape index (κ3) is 3.32. The van der Waals surface area contributed by atoms with Crippen molar-refractivity contribution in [3.05, 3.63) is 70.2 Å². The number of nitrogens with zero attached hydrogens (tertiary/aromatic N) is 3. The number of carbonyl (C=O) groups excluding carboxylic acids is 2. The van der Waals surface area contributed by atoms with E-state index in [1.54, 1.807) is 16.8 Å². The number of rotatable bonds is 5. The number of amides is 1. The first-order valence-corrected chi connectivity index (χ1v) is 9.94. The Morgan fingerprint density at radius 2 is 2.10 bits per heavy atom. The molecule has 1 N–H and O–H groups in total. The number of hydrogen-bond donors (Lipinski definition) is 1. The van der Waals surface area contributed by atoms with Crippen molar-refractivity contribution in [3.63, 3.8) is 0 Å². The Morgan fingerprint density at radius 1 is 1.24 bits per heavy atom. The van der Waals surface area contributed by atoms with Gasteiger partial charge in [-0.15, -0.1) is 11.3 Å². The summed E-state index contributed by atoms with van der Waals surface area (Å²) < 4.78 is 6.69. The van der Waals surface area contributed by atoms with Gasteiger partial charge in [0.25, 0.3) is 5.91 Å². The lowest BCUT2D eigenvalue weighted by atomic mass is 10.1. The first kappa shape index (κ1) is 17.7. The van der Waals surface area contributed by atoms with E-state index in [0.717, 1.165) is 17.0 Å². The zero-order valence-corrected chi connectivity index (χ0v) is 16.3. The van der Waals surface area contributed by atoms with Crippen LogP contribution < -0.4 is 5.32 Å². The van der Waals surface area contributed by atoms with Crippen molar-refractivity contribution < 1.29 is 14.3 Å². The highest BCUT2D eigenvalue weighted by Crippen LogP contribution is 2.27. The molecule has 0 spiro atoms. The zero-order valence-electron chi connectivity index (χ0n) is 15.5. The predicted octanol–water partition coefficient (Wildman–Crippen LogP) is 3.33. The van der Waals surface area contributed by atoms with Crippen molar-refractivity contribution in [3.8, 4) is 11.3 Å². The van der Waals surface area contributed by atoms with Crippen LogP contribution in [0.1, 0.15) is 20.9 Å². The van der Waals surface area contributed by atoms with Gasteiger partial charge in [-0.25, -0.2) is 9.50 Å². The van der Waals surface area contributed by atoms with Crippen LogP contribution in [0.15, 0.2) is 54.0 Å². The molecule has 5 rings (SSSR count). The normalized spacial score (nSPS) is 15.4. The second-order valence-corrected chi connectivity index (χ2v) is 7.72. The summed E-state index contributed by atoms with van der Waals surface area (Å²) in [6, 6.07) is 13.0. The molecule has 1 aliphatic heterocycles. The maximum absolute atomic E-state index is 12.8. The largest absolute Gasteiger partial charge is 0.363 e. The SMILES string of the molecule is Cc1cc(-c2cccc(NC(=O)C3CO3)c2)n2ncc(C(=O)c3cccs3)c2n1. The topological polar surface area (TPSA) is 88.9 Å². The van der Waals surface area contributed by atoms with Crippen LogP contribution in [0, 0.1) is 6.92 Å². The standard InChI is InChI=1S/C21H16N4O3S/c1-12-8-16(13-4-2-5-14(9-13)24-21(27)17-11-28-17)25-20(23-12)15(10-22-25)19(26)18-6-3-7-29-18/h2-10,17H,11H2,1H3,(H,24,27). The number of epoxide rings is 1. The molecular weight excluding hydrogens is 388 g/mol. The second-order valence-electron chi connectivity index (χ2n) is 6.77. The lowest BCUT2D eigenvalue weighted by Crippen LogP contribution is -2.17. The second kappa shape index (κ2) is 6.91. The molecule has 1 aromatic carbocycles. The van der Waals surface area contributed by atoms with Crippen molar-refractivity contribution in [1.82, 2.24) is 14.6 Å². The molecule has 3 aromatic heterocycles. The van der Waals surface area contributed by atoms with Crippen molar-refractivity contribution in [2.45, 2.75) is 13.0 Å². The molecule has 0 saturated carbocycles. The molecule has 0 aliphatic carbocycles. The zero-order chi connectivity index (χ0) is 20.0. The van der Waals surface area contributed by atoms with E-state index < -0.39 is 0 Å². The molecule has 0 bridgehead atoms. The number of ether oxygens (including phenoxy) is 1. The lowest BCUT2D eigenvalue weighted by molar-refractivity contribution is -0.117. The van der Waals surface area contributed by atoms with Crippen molar-refractivity contribution >= 4 is 34.4 Å². The summed E-state index contributed by atoms with van der Waals surface area (Å²) in [6.07, 6.45) is 1.20. The lowest BCUT2D eigenvalue weighted by Gasteiger charge is -2.09. The number of carbonyl (C=O) groups is 2. The van der Waals surface area contributed by atoms with Crippen LogP contribution in [0.25, 0.3) is 16.9 Å². The van der Waals surface area contributed by atoms with Crippen LogP contribution in [-0.2, 0) is 9.53 Å². The maximum atomic E-state index is 12.8. The highest BCUT2D eigenvalue weighted by atomic mass is 32.1. The molecule has 7 nitrogen and oxygen atoms in total. The average molecular weight is 404 g/mol. The van der Waals surface area contributed by atoms with Crippen LogP contribution in [0.2, 0.25) is 0 Å². The van der Waals surface area contributed by atoms with Gasteiger partial charge in [0.05, 0.1) is 28.9 Å². The van der Waals surface area contributed by atoms with Gasteiger partial charge in [-0.3, -0.25) is 9.59 Å². The highest BCUT2D eigenvalue weighted by molar-refractivity contribution is 7.12. The van der Waals surface area contributed by atoms with Gasteiger partial charge in [0.15, 0.2) is 11.8 Å². The number of anilines is 1. The molecule has 1 saturated heterocycles. The minimum Gasteiger partial charge on any atom is -0.363 e. The summed E-state index contributed by atoms with van der Waals surface area (Å²) in [6.45, 7) is 2.34. The third-order valence-corrected chi connectivity index (χ3v) is 5.51. The Hall–Kier alpha value is -3.36. The molecule has 29 heavy (non-hydrogen) atoms. The van der Waals surface area contributed by atoms with Crippen LogP contribution in [0.5, 0.6) is 0 Å². The maximum Gasteiger partial charge on any atom is 0.255 e. The number of benzene rings is 1. The highest BCUT2D eigenvalue weighted by Gasteiger charge is 2.31. The summed E-state index contributed by atoms with van der Waals surface area (Å²) in [5.41, 5.74) is 4.07. The summed E-state index contributed by atoms with van der Waals surface area (Å²) >= 11 is 1.39. The number of nitrogens with one attached hydrogen (secondary N) is 1. The van der Waals surface area contributed by atoms with E-state index in [9.17, 15) is 9.59 Å². The molecular formula is C21H16N4O3S. The van der Waals surface area contributed by atoms with Gasteiger partial charge < -0.3 is 10.1 Å². The molecule has 144 valence electrons. The minimum absolute atomic E-state index is 0.0931. The van der Waals surface area contributed by atoms with E-state index in [4.69, 9.17) is 4.74 Å². The van der Waals surface area contributed by atoms with E-state index in [1.165, 1.54) is 11.3 Å². The molecule has 4 aromatic rings. The van der Waals surface area contributed by atoms with E-state index in [-0.39, 0.29) is 17.8 Å². The Balaban J connectivity index is 1.57. The number of aromatic nitrogens is 3. The molecule has 4 heterocycles. The fraction of sp³-hybridized carbons (Fsp3) is 0.143. The molecule has 0 radical (unpaired) electrons. The molecule has 1 fully saturated rings. The summed E-state index contributed by atoms with van der Waals surface area (Å²) in [5, 5.41) is 9.15. The van der Waals surface area contributed by atoms with Gasteiger partial charge in [-0.2, -0.15) is 5.10 Å². The molecule has 1 unspecified atom stereocenters. The monoisotopic (exact) mass is 404 g/mol. The predicted molar refractivity (Wildman–Crippen MR) is 109 cm³/mol. The Labute approximate surface area is 170 Å². The Bertz CT molecular complexity index is 1240. The molecule has 8 heteroatoms. The van der Waals surface area contributed by atoms with Crippen molar-refractivity contribution in [1.29, 1.82) is 0 Å². The van der Waals surface area contributed by atoms with Gasteiger partial charge in [-0.1, -0.05) is 18.2 Å². The average Bonchev–Trinajstić information content (AvgIpc) is 3.26. The van der Waals surface area contributed by atoms with E-state index in [1.807, 2.05) is 48.7 Å².